The number of halogens is 1. The fraction of sp³-hybridized carbons (Fsp3) is 0.500. The lowest BCUT2D eigenvalue weighted by Gasteiger charge is -2.27. The summed E-state index contributed by atoms with van der Waals surface area (Å²) < 4.78 is 11.5. The summed E-state index contributed by atoms with van der Waals surface area (Å²) in [5.74, 6) is 2.08. The van der Waals surface area contributed by atoms with Crippen LogP contribution in [-0.2, 0) is 11.3 Å². The summed E-state index contributed by atoms with van der Waals surface area (Å²) in [6.07, 6.45) is 3.42. The number of aliphatic hydroxyl groups excluding tert-OH is 1. The van der Waals surface area contributed by atoms with Crippen molar-refractivity contribution < 1.29 is 14.6 Å². The third-order valence-electron chi connectivity index (χ3n) is 5.72. The van der Waals surface area contributed by atoms with Gasteiger partial charge in [0.05, 0.1) is 13.2 Å². The Bertz CT molecular complexity index is 885. The van der Waals surface area contributed by atoms with E-state index in [-0.39, 0.29) is 36.0 Å². The van der Waals surface area contributed by atoms with Crippen molar-refractivity contribution >= 4 is 29.9 Å². The van der Waals surface area contributed by atoms with Gasteiger partial charge in [-0.05, 0) is 68.5 Å². The number of nitrogens with zero attached hydrogens (tertiary/aromatic N) is 2. The minimum Gasteiger partial charge on any atom is -0.439 e. The number of benzene rings is 1. The molecule has 1 unspecified atom stereocenters. The van der Waals surface area contributed by atoms with E-state index >= 15 is 0 Å². The van der Waals surface area contributed by atoms with Crippen LogP contribution in [0.15, 0.2) is 41.5 Å². The van der Waals surface area contributed by atoms with Gasteiger partial charge in [-0.3, -0.25) is 0 Å². The van der Waals surface area contributed by atoms with Gasteiger partial charge in [-0.1, -0.05) is 6.07 Å². The summed E-state index contributed by atoms with van der Waals surface area (Å²) >= 11 is 0. The third-order valence-corrected chi connectivity index (χ3v) is 5.72. The number of hydrogen-bond acceptors (Lipinski definition) is 5. The van der Waals surface area contributed by atoms with Crippen molar-refractivity contribution in [1.29, 1.82) is 0 Å². The van der Waals surface area contributed by atoms with Crippen LogP contribution in [0.2, 0.25) is 0 Å². The second-order valence-electron chi connectivity index (χ2n) is 8.18. The summed E-state index contributed by atoms with van der Waals surface area (Å²) in [6.45, 7) is 9.77. The maximum Gasteiger partial charge on any atom is 0.219 e. The van der Waals surface area contributed by atoms with Gasteiger partial charge in [0.15, 0.2) is 5.96 Å². The number of rotatable bonds is 9. The fourth-order valence-corrected chi connectivity index (χ4v) is 3.60. The Kier molecular flexibility index (Phi) is 10.7. The number of nitrogens with one attached hydrogen (secondary N) is 2. The largest absolute Gasteiger partial charge is 0.439 e. The predicted molar refractivity (Wildman–Crippen MR) is 138 cm³/mol. The molecule has 1 saturated heterocycles. The number of guanidine groups is 1. The summed E-state index contributed by atoms with van der Waals surface area (Å²) in [7, 11) is 0. The molecule has 3 N–H and O–H groups in total. The van der Waals surface area contributed by atoms with E-state index in [0.29, 0.717) is 19.0 Å². The van der Waals surface area contributed by atoms with Crippen LogP contribution in [0.3, 0.4) is 0 Å². The lowest BCUT2D eigenvalue weighted by molar-refractivity contribution is 0.127. The van der Waals surface area contributed by atoms with Crippen LogP contribution < -0.4 is 15.4 Å². The van der Waals surface area contributed by atoms with Gasteiger partial charge < -0.3 is 25.2 Å². The van der Waals surface area contributed by atoms with Crippen LogP contribution >= 0.6 is 24.0 Å². The molecule has 0 amide bonds. The molecule has 32 heavy (non-hydrogen) atoms. The van der Waals surface area contributed by atoms with E-state index < -0.39 is 0 Å². The second kappa shape index (κ2) is 13.0. The van der Waals surface area contributed by atoms with Gasteiger partial charge >= 0.3 is 0 Å². The molecule has 0 radical (unpaired) electrons. The number of aliphatic imine (C=N–C) groups is 1. The standard InChI is InChI=1S/C24H34N4O3.HI/c1-4-25-23(28-16-24(8-11-29)9-12-30-17-24)27-15-20-7-10-26-22(14-20)31-21-6-5-18(2)19(3)13-21;/h5-7,10,13-14,29H,4,8-9,11-12,15-17H2,1-3H3,(H2,25,27,28);1H. The van der Waals surface area contributed by atoms with E-state index in [1.165, 1.54) is 11.1 Å². The van der Waals surface area contributed by atoms with Crippen LogP contribution in [0.5, 0.6) is 11.6 Å². The zero-order valence-electron chi connectivity index (χ0n) is 19.2. The number of hydrogen-bond donors (Lipinski definition) is 3. The van der Waals surface area contributed by atoms with Crippen molar-refractivity contribution in [1.82, 2.24) is 15.6 Å². The van der Waals surface area contributed by atoms with Crippen LogP contribution in [0, 0.1) is 19.3 Å². The van der Waals surface area contributed by atoms with E-state index in [2.05, 4.69) is 29.5 Å². The normalized spacial score (nSPS) is 18.2. The van der Waals surface area contributed by atoms with E-state index in [1.54, 1.807) is 6.20 Å². The average molecular weight is 554 g/mol. The van der Waals surface area contributed by atoms with Gasteiger partial charge in [-0.15, -0.1) is 24.0 Å². The predicted octanol–water partition coefficient (Wildman–Crippen LogP) is 3.95. The average Bonchev–Trinajstić information content (AvgIpc) is 3.22. The van der Waals surface area contributed by atoms with Crippen molar-refractivity contribution in [2.75, 3.05) is 32.9 Å². The number of aliphatic hydroxyl groups is 1. The van der Waals surface area contributed by atoms with Gasteiger partial charge in [0.2, 0.25) is 5.88 Å². The molecule has 0 saturated carbocycles. The van der Waals surface area contributed by atoms with Gasteiger partial charge in [-0.2, -0.15) is 0 Å². The minimum atomic E-state index is -0.0329. The Morgan fingerprint density at radius 1 is 1.22 bits per heavy atom. The van der Waals surface area contributed by atoms with Gasteiger partial charge in [0, 0.05) is 44.0 Å². The molecule has 1 aromatic heterocycles. The van der Waals surface area contributed by atoms with E-state index in [9.17, 15) is 5.11 Å². The highest BCUT2D eigenvalue weighted by molar-refractivity contribution is 14.0. The Morgan fingerprint density at radius 2 is 2.06 bits per heavy atom. The molecule has 7 nitrogen and oxygen atoms in total. The highest BCUT2D eigenvalue weighted by atomic mass is 127. The molecular formula is C24H35IN4O3. The van der Waals surface area contributed by atoms with Crippen LogP contribution in [0.4, 0.5) is 0 Å². The number of pyridine rings is 1. The maximum absolute atomic E-state index is 9.43. The Morgan fingerprint density at radius 3 is 2.75 bits per heavy atom. The minimum absolute atomic E-state index is 0. The molecule has 1 aliphatic heterocycles. The number of aryl methyl sites for hydroxylation is 2. The summed E-state index contributed by atoms with van der Waals surface area (Å²) in [5.41, 5.74) is 3.40. The first-order valence-electron chi connectivity index (χ1n) is 10.9. The first-order valence-corrected chi connectivity index (χ1v) is 10.9. The van der Waals surface area contributed by atoms with Crippen molar-refractivity contribution in [3.05, 3.63) is 53.2 Å². The maximum atomic E-state index is 9.43. The molecule has 3 rings (SSSR count). The topological polar surface area (TPSA) is 88.0 Å². The monoisotopic (exact) mass is 554 g/mol. The Hall–Kier alpha value is -1.91. The second-order valence-corrected chi connectivity index (χ2v) is 8.18. The zero-order chi connectivity index (χ0) is 22.1. The van der Waals surface area contributed by atoms with E-state index in [0.717, 1.165) is 49.8 Å². The van der Waals surface area contributed by atoms with E-state index in [4.69, 9.17) is 14.5 Å². The summed E-state index contributed by atoms with van der Waals surface area (Å²) in [6, 6.07) is 9.88. The molecule has 8 heteroatoms. The van der Waals surface area contributed by atoms with Crippen LogP contribution in [0.1, 0.15) is 36.5 Å². The Labute approximate surface area is 208 Å². The number of ether oxygens (including phenoxy) is 2. The van der Waals surface area contributed by atoms with Crippen molar-refractivity contribution in [2.45, 2.75) is 40.2 Å². The molecule has 1 fully saturated rings. The van der Waals surface area contributed by atoms with Crippen molar-refractivity contribution in [3.8, 4) is 11.6 Å². The fourth-order valence-electron chi connectivity index (χ4n) is 3.60. The lowest BCUT2D eigenvalue weighted by Crippen LogP contribution is -2.44. The zero-order valence-corrected chi connectivity index (χ0v) is 21.5. The van der Waals surface area contributed by atoms with Gasteiger partial charge in [0.25, 0.3) is 0 Å². The molecule has 0 aliphatic carbocycles. The molecule has 2 heterocycles. The number of aromatic nitrogens is 1. The quantitative estimate of drug-likeness (QED) is 0.247. The lowest BCUT2D eigenvalue weighted by atomic mass is 9.84. The van der Waals surface area contributed by atoms with Crippen LogP contribution in [0.25, 0.3) is 0 Å². The molecule has 0 bridgehead atoms. The summed E-state index contributed by atoms with van der Waals surface area (Å²) in [4.78, 5) is 9.05. The molecule has 0 spiro atoms. The molecule has 1 aromatic carbocycles. The molecular weight excluding hydrogens is 519 g/mol. The van der Waals surface area contributed by atoms with E-state index in [1.807, 2.05) is 37.3 Å². The summed E-state index contributed by atoms with van der Waals surface area (Å²) in [5, 5.41) is 16.1. The molecule has 176 valence electrons. The molecule has 1 atom stereocenters. The van der Waals surface area contributed by atoms with Gasteiger partial charge in [0.1, 0.15) is 5.75 Å². The van der Waals surface area contributed by atoms with Crippen LogP contribution in [-0.4, -0.2) is 49.0 Å². The molecule has 1 aliphatic rings. The Balaban J connectivity index is 0.00000363. The first-order chi connectivity index (χ1) is 15.0. The van der Waals surface area contributed by atoms with Crippen molar-refractivity contribution in [2.24, 2.45) is 10.4 Å². The SMILES string of the molecule is CCNC(=NCc1ccnc(Oc2ccc(C)c(C)c2)c1)NCC1(CCO)CCOC1.I. The van der Waals surface area contributed by atoms with Gasteiger partial charge in [-0.25, -0.2) is 9.98 Å². The first kappa shape index (κ1) is 26.3. The smallest absolute Gasteiger partial charge is 0.219 e. The highest BCUT2D eigenvalue weighted by Gasteiger charge is 2.34. The molecule has 2 aromatic rings. The van der Waals surface area contributed by atoms with Crippen molar-refractivity contribution in [3.63, 3.8) is 0 Å². The highest BCUT2D eigenvalue weighted by Crippen LogP contribution is 2.31. The third kappa shape index (κ3) is 7.60.